The second kappa shape index (κ2) is 4.79. The predicted molar refractivity (Wildman–Crippen MR) is 54.4 cm³/mol. The van der Waals surface area contributed by atoms with E-state index in [2.05, 4.69) is 5.32 Å². The van der Waals surface area contributed by atoms with Gasteiger partial charge in [0.1, 0.15) is 0 Å². The first kappa shape index (κ1) is 13.6. The van der Waals surface area contributed by atoms with Gasteiger partial charge in [-0.25, -0.2) is 0 Å². The van der Waals surface area contributed by atoms with Crippen molar-refractivity contribution in [3.63, 3.8) is 0 Å². The van der Waals surface area contributed by atoms with Crippen LogP contribution in [0.1, 0.15) is 12.8 Å². The average molecular weight is 259 g/mol. The van der Waals surface area contributed by atoms with Gasteiger partial charge in [-0.05, 0) is 12.8 Å². The van der Waals surface area contributed by atoms with Crippen LogP contribution in [0.5, 0.6) is 0 Å². The summed E-state index contributed by atoms with van der Waals surface area (Å²) in [7, 11) is 0. The second-order valence-electron chi connectivity index (χ2n) is 4.21. The number of alkyl halides is 3. The van der Waals surface area contributed by atoms with Crippen molar-refractivity contribution in [2.45, 2.75) is 25.1 Å². The molecule has 2 aliphatic rings. The third-order valence-electron chi connectivity index (χ3n) is 2.81. The van der Waals surface area contributed by atoms with E-state index >= 15 is 0 Å². The molecular weight excluding hydrogens is 245 g/mol. The van der Waals surface area contributed by atoms with Gasteiger partial charge >= 0.3 is 12.1 Å². The molecule has 0 aromatic rings. The molecule has 0 spiro atoms. The molecule has 0 aromatic heterocycles. The minimum absolute atomic E-state index is 0. The Labute approximate surface area is 97.8 Å². The minimum Gasteiger partial charge on any atom is -0.332 e. The van der Waals surface area contributed by atoms with Crippen LogP contribution < -0.4 is 5.32 Å². The largest absolute Gasteiger partial charge is 0.471 e. The van der Waals surface area contributed by atoms with Crippen LogP contribution in [0.3, 0.4) is 0 Å². The molecule has 1 amide bonds. The number of carbonyl (C=O) groups excluding carboxylic acids is 1. The van der Waals surface area contributed by atoms with E-state index in [0.717, 1.165) is 4.90 Å². The summed E-state index contributed by atoms with van der Waals surface area (Å²) in [4.78, 5) is 12.1. The highest BCUT2D eigenvalue weighted by atomic mass is 35.5. The van der Waals surface area contributed by atoms with Gasteiger partial charge in [0.25, 0.3) is 0 Å². The molecule has 1 N–H and O–H groups in total. The van der Waals surface area contributed by atoms with Crippen molar-refractivity contribution in [2.75, 3.05) is 19.6 Å². The number of nitrogens with one attached hydrogen (secondary N) is 1. The molecule has 0 bridgehead atoms. The Hall–Kier alpha value is -0.490. The summed E-state index contributed by atoms with van der Waals surface area (Å²) in [5.74, 6) is -1.48. The number of hydrogen-bond donors (Lipinski definition) is 1. The molecular formula is C9H14ClF3N2O. The summed E-state index contributed by atoms with van der Waals surface area (Å²) in [6.45, 7) is 1.68. The molecule has 7 heteroatoms. The summed E-state index contributed by atoms with van der Waals surface area (Å²) in [6, 6.07) is -0.167. The van der Waals surface area contributed by atoms with Gasteiger partial charge in [-0.15, -0.1) is 12.4 Å². The van der Waals surface area contributed by atoms with Gasteiger partial charge in [-0.2, -0.15) is 13.2 Å². The van der Waals surface area contributed by atoms with E-state index in [9.17, 15) is 18.0 Å². The van der Waals surface area contributed by atoms with E-state index in [0.29, 0.717) is 25.9 Å². The van der Waals surface area contributed by atoms with Gasteiger partial charge < -0.3 is 10.2 Å². The van der Waals surface area contributed by atoms with Crippen LogP contribution in [0, 0.1) is 5.92 Å². The molecule has 1 heterocycles. The maximum atomic E-state index is 12.3. The molecule has 3 nitrogen and oxygen atoms in total. The van der Waals surface area contributed by atoms with Crippen LogP contribution in [0.4, 0.5) is 13.2 Å². The third kappa shape index (κ3) is 3.01. The summed E-state index contributed by atoms with van der Waals surface area (Å²) in [6.07, 6.45) is -3.30. The molecule has 1 saturated carbocycles. The van der Waals surface area contributed by atoms with Crippen molar-refractivity contribution >= 4 is 18.3 Å². The zero-order valence-corrected chi connectivity index (χ0v) is 9.40. The first-order valence-corrected chi connectivity index (χ1v) is 5.07. The van der Waals surface area contributed by atoms with Gasteiger partial charge in [0, 0.05) is 31.6 Å². The minimum atomic E-state index is -4.72. The first-order valence-electron chi connectivity index (χ1n) is 5.07. The lowest BCUT2D eigenvalue weighted by Gasteiger charge is -2.33. The maximum Gasteiger partial charge on any atom is 0.471 e. The molecule has 1 saturated heterocycles. The molecule has 0 radical (unpaired) electrons. The fourth-order valence-corrected chi connectivity index (χ4v) is 1.70. The predicted octanol–water partition coefficient (Wildman–Crippen LogP) is 1.18. The Balaban J connectivity index is 0.00000128. The standard InChI is InChI=1S/C9H13F3N2O.ClH/c10-9(11,12)8(15)14(7-1-2-7)5-6-3-13-4-6;/h6-7,13H,1-5H2;1H. The lowest BCUT2D eigenvalue weighted by Crippen LogP contribution is -2.52. The smallest absolute Gasteiger partial charge is 0.332 e. The zero-order chi connectivity index (χ0) is 11.1. The van der Waals surface area contributed by atoms with E-state index in [4.69, 9.17) is 0 Å². The number of halogens is 4. The van der Waals surface area contributed by atoms with E-state index < -0.39 is 12.1 Å². The van der Waals surface area contributed by atoms with Crippen LogP contribution >= 0.6 is 12.4 Å². The van der Waals surface area contributed by atoms with Crippen LogP contribution in [-0.2, 0) is 4.79 Å². The number of rotatable bonds is 3. The Morgan fingerprint density at radius 2 is 1.88 bits per heavy atom. The Morgan fingerprint density at radius 3 is 2.19 bits per heavy atom. The zero-order valence-electron chi connectivity index (χ0n) is 8.59. The molecule has 0 unspecified atom stereocenters. The molecule has 2 rings (SSSR count). The topological polar surface area (TPSA) is 32.3 Å². The maximum absolute atomic E-state index is 12.3. The van der Waals surface area contributed by atoms with Crippen molar-refractivity contribution < 1.29 is 18.0 Å². The van der Waals surface area contributed by atoms with Crippen LogP contribution in [0.15, 0.2) is 0 Å². The highest BCUT2D eigenvalue weighted by Crippen LogP contribution is 2.31. The molecule has 2 fully saturated rings. The van der Waals surface area contributed by atoms with Crippen molar-refractivity contribution in [3.8, 4) is 0 Å². The number of amides is 1. The quantitative estimate of drug-likeness (QED) is 0.825. The third-order valence-corrected chi connectivity index (χ3v) is 2.81. The highest BCUT2D eigenvalue weighted by Gasteiger charge is 2.47. The summed E-state index contributed by atoms with van der Waals surface area (Å²) >= 11 is 0. The van der Waals surface area contributed by atoms with Gasteiger partial charge in [-0.3, -0.25) is 4.79 Å². The second-order valence-corrected chi connectivity index (χ2v) is 4.21. The van der Waals surface area contributed by atoms with Crippen molar-refractivity contribution in [1.29, 1.82) is 0 Å². The lowest BCUT2D eigenvalue weighted by molar-refractivity contribution is -0.186. The fourth-order valence-electron chi connectivity index (χ4n) is 1.70. The Morgan fingerprint density at radius 1 is 1.31 bits per heavy atom. The lowest BCUT2D eigenvalue weighted by atomic mass is 10.0. The van der Waals surface area contributed by atoms with Gasteiger partial charge in [0.15, 0.2) is 0 Å². The molecule has 1 aliphatic heterocycles. The molecule has 94 valence electrons. The number of carbonyl (C=O) groups is 1. The van der Waals surface area contributed by atoms with E-state index in [-0.39, 0.29) is 30.9 Å². The molecule has 1 aliphatic carbocycles. The Bertz CT molecular complexity index is 264. The molecule has 0 aromatic carbocycles. The van der Waals surface area contributed by atoms with Gasteiger partial charge in [0.05, 0.1) is 0 Å². The fraction of sp³-hybridized carbons (Fsp3) is 0.889. The van der Waals surface area contributed by atoms with Crippen molar-refractivity contribution in [2.24, 2.45) is 5.92 Å². The van der Waals surface area contributed by atoms with Gasteiger partial charge in [-0.1, -0.05) is 0 Å². The van der Waals surface area contributed by atoms with E-state index in [1.54, 1.807) is 0 Å². The van der Waals surface area contributed by atoms with E-state index in [1.165, 1.54) is 0 Å². The van der Waals surface area contributed by atoms with Crippen LogP contribution in [0.25, 0.3) is 0 Å². The summed E-state index contributed by atoms with van der Waals surface area (Å²) < 4.78 is 36.8. The van der Waals surface area contributed by atoms with Crippen molar-refractivity contribution in [3.05, 3.63) is 0 Å². The first-order chi connectivity index (χ1) is 6.98. The number of nitrogens with zero attached hydrogens (tertiary/aromatic N) is 1. The molecule has 16 heavy (non-hydrogen) atoms. The van der Waals surface area contributed by atoms with Crippen molar-refractivity contribution in [1.82, 2.24) is 10.2 Å². The monoisotopic (exact) mass is 258 g/mol. The van der Waals surface area contributed by atoms with E-state index in [1.807, 2.05) is 0 Å². The van der Waals surface area contributed by atoms with Gasteiger partial charge in [0.2, 0.25) is 0 Å². The highest BCUT2D eigenvalue weighted by molar-refractivity contribution is 5.85. The Kier molecular flexibility index (Phi) is 4.07. The number of hydrogen-bond acceptors (Lipinski definition) is 2. The van der Waals surface area contributed by atoms with Crippen LogP contribution in [0.2, 0.25) is 0 Å². The average Bonchev–Trinajstić information content (AvgIpc) is 2.83. The SMILES string of the molecule is Cl.O=C(N(CC1CNC1)C1CC1)C(F)(F)F. The molecule has 0 atom stereocenters. The van der Waals surface area contributed by atoms with Crippen LogP contribution in [-0.4, -0.2) is 42.7 Å². The summed E-state index contributed by atoms with van der Waals surface area (Å²) in [5, 5.41) is 2.98. The normalized spacial score (nSPS) is 20.9. The summed E-state index contributed by atoms with van der Waals surface area (Å²) in [5.41, 5.74) is 0.